The van der Waals surface area contributed by atoms with E-state index in [0.717, 1.165) is 18.0 Å². The van der Waals surface area contributed by atoms with Gasteiger partial charge in [-0.1, -0.05) is 0 Å². The fourth-order valence-electron chi connectivity index (χ4n) is 1.57. The van der Waals surface area contributed by atoms with Crippen LogP contribution in [0.3, 0.4) is 0 Å². The quantitative estimate of drug-likeness (QED) is 0.676. The second kappa shape index (κ2) is 3.33. The summed E-state index contributed by atoms with van der Waals surface area (Å²) in [6.45, 7) is 1.25. The fourth-order valence-corrected chi connectivity index (χ4v) is 2.55. The lowest BCUT2D eigenvalue weighted by Crippen LogP contribution is -2.37. The molecule has 1 aliphatic heterocycles. The number of thioether (sulfide) groups is 1. The highest BCUT2D eigenvalue weighted by atomic mass is 32.2. The zero-order chi connectivity index (χ0) is 7.68. The van der Waals surface area contributed by atoms with Crippen molar-refractivity contribution >= 4 is 11.8 Å². The first-order valence-electron chi connectivity index (χ1n) is 4.37. The van der Waals surface area contributed by atoms with Crippen molar-refractivity contribution in [2.45, 2.75) is 24.9 Å². The van der Waals surface area contributed by atoms with Crippen molar-refractivity contribution in [3.63, 3.8) is 0 Å². The minimum atomic E-state index is 0.755. The molecule has 0 aromatic heterocycles. The van der Waals surface area contributed by atoms with E-state index in [-0.39, 0.29) is 0 Å². The number of nitrogens with zero attached hydrogens (tertiary/aromatic N) is 1. The van der Waals surface area contributed by atoms with Gasteiger partial charge in [0.1, 0.15) is 0 Å². The largest absolute Gasteiger partial charge is 0.303 e. The van der Waals surface area contributed by atoms with Crippen LogP contribution in [0.4, 0.5) is 0 Å². The van der Waals surface area contributed by atoms with Crippen LogP contribution in [0, 0.1) is 0 Å². The predicted molar refractivity (Wildman–Crippen MR) is 49.9 cm³/mol. The van der Waals surface area contributed by atoms with Gasteiger partial charge in [0.25, 0.3) is 0 Å². The second-order valence-electron chi connectivity index (χ2n) is 3.59. The number of hydrogen-bond donors (Lipinski definition) is 1. The first kappa shape index (κ1) is 7.90. The highest BCUT2D eigenvalue weighted by molar-refractivity contribution is 7.99. The van der Waals surface area contributed by atoms with Crippen LogP contribution in [-0.2, 0) is 0 Å². The van der Waals surface area contributed by atoms with Crippen LogP contribution >= 0.6 is 11.8 Å². The average molecular weight is 172 g/mol. The third-order valence-electron chi connectivity index (χ3n) is 2.47. The Morgan fingerprint density at radius 2 is 2.36 bits per heavy atom. The van der Waals surface area contributed by atoms with Gasteiger partial charge in [0.15, 0.2) is 0 Å². The van der Waals surface area contributed by atoms with Crippen molar-refractivity contribution in [1.29, 1.82) is 0 Å². The molecule has 0 bridgehead atoms. The van der Waals surface area contributed by atoms with E-state index in [1.165, 1.54) is 25.1 Å². The zero-order valence-electron chi connectivity index (χ0n) is 7.05. The van der Waals surface area contributed by atoms with Crippen molar-refractivity contribution in [2.24, 2.45) is 0 Å². The summed E-state index contributed by atoms with van der Waals surface area (Å²) in [5, 5.41) is 3.49. The highest BCUT2D eigenvalue weighted by Gasteiger charge is 2.28. The van der Waals surface area contributed by atoms with Gasteiger partial charge in [-0.05, 0) is 19.9 Å². The molecule has 2 aliphatic rings. The van der Waals surface area contributed by atoms with E-state index < -0.39 is 0 Å². The van der Waals surface area contributed by atoms with Crippen molar-refractivity contribution in [3.8, 4) is 0 Å². The molecule has 0 radical (unpaired) electrons. The van der Waals surface area contributed by atoms with Gasteiger partial charge in [0.2, 0.25) is 0 Å². The molecule has 1 aliphatic carbocycles. The van der Waals surface area contributed by atoms with Gasteiger partial charge in [0, 0.05) is 30.3 Å². The summed E-state index contributed by atoms with van der Waals surface area (Å²) in [5.74, 6) is 2.46. The van der Waals surface area contributed by atoms with Gasteiger partial charge in [-0.2, -0.15) is 0 Å². The molecule has 2 fully saturated rings. The summed E-state index contributed by atoms with van der Waals surface area (Å²) in [6.07, 6.45) is 2.85. The van der Waals surface area contributed by atoms with Crippen LogP contribution in [0.1, 0.15) is 12.8 Å². The summed E-state index contributed by atoms with van der Waals surface area (Å²) in [6, 6.07) is 1.67. The van der Waals surface area contributed by atoms with E-state index in [9.17, 15) is 0 Å². The lowest BCUT2D eigenvalue weighted by Gasteiger charge is -2.19. The Morgan fingerprint density at radius 1 is 1.55 bits per heavy atom. The molecule has 1 atom stereocenters. The van der Waals surface area contributed by atoms with Gasteiger partial charge in [-0.15, -0.1) is 11.8 Å². The summed E-state index contributed by atoms with van der Waals surface area (Å²) >= 11 is 2.02. The molecule has 2 rings (SSSR count). The molecule has 0 aromatic rings. The second-order valence-corrected chi connectivity index (χ2v) is 4.62. The van der Waals surface area contributed by atoms with Crippen LogP contribution in [0.25, 0.3) is 0 Å². The maximum absolute atomic E-state index is 3.49. The minimum Gasteiger partial charge on any atom is -0.303 e. The smallest absolute Gasteiger partial charge is 0.0421 e. The van der Waals surface area contributed by atoms with Gasteiger partial charge in [0.05, 0.1) is 0 Å². The Hall–Kier alpha value is 0.270. The van der Waals surface area contributed by atoms with Gasteiger partial charge in [-0.3, -0.25) is 0 Å². The lowest BCUT2D eigenvalue weighted by molar-refractivity contribution is 0.297. The van der Waals surface area contributed by atoms with Crippen molar-refractivity contribution in [2.75, 3.05) is 25.2 Å². The SMILES string of the molecule is CN(CC1CSCN1)C1CC1. The summed E-state index contributed by atoms with van der Waals surface area (Å²) in [5.41, 5.74) is 0. The molecule has 0 aromatic carbocycles. The Labute approximate surface area is 72.7 Å². The van der Waals surface area contributed by atoms with Crippen LogP contribution in [-0.4, -0.2) is 42.2 Å². The molecule has 0 spiro atoms. The van der Waals surface area contributed by atoms with Gasteiger partial charge in [-0.25, -0.2) is 0 Å². The predicted octanol–water partition coefficient (Wildman–Crippen LogP) is 0.743. The maximum Gasteiger partial charge on any atom is 0.0421 e. The first-order valence-corrected chi connectivity index (χ1v) is 5.53. The fraction of sp³-hybridized carbons (Fsp3) is 1.00. The lowest BCUT2D eigenvalue weighted by atomic mass is 10.3. The maximum atomic E-state index is 3.49. The van der Waals surface area contributed by atoms with Gasteiger partial charge < -0.3 is 10.2 Å². The molecule has 64 valence electrons. The molecule has 1 N–H and O–H groups in total. The topological polar surface area (TPSA) is 15.3 Å². The first-order chi connectivity index (χ1) is 5.36. The molecule has 0 amide bonds. The van der Waals surface area contributed by atoms with Gasteiger partial charge >= 0.3 is 0 Å². The Balaban J connectivity index is 1.70. The normalized spacial score (nSPS) is 31.6. The Kier molecular flexibility index (Phi) is 2.39. The van der Waals surface area contributed by atoms with Crippen molar-refractivity contribution < 1.29 is 0 Å². The molecule has 2 nitrogen and oxygen atoms in total. The molecule has 1 saturated carbocycles. The summed E-state index contributed by atoms with van der Waals surface area (Å²) in [7, 11) is 2.25. The molecule has 3 heteroatoms. The molecule has 11 heavy (non-hydrogen) atoms. The van der Waals surface area contributed by atoms with Crippen LogP contribution < -0.4 is 5.32 Å². The average Bonchev–Trinajstić information content (AvgIpc) is 2.73. The van der Waals surface area contributed by atoms with Crippen molar-refractivity contribution in [1.82, 2.24) is 10.2 Å². The highest BCUT2D eigenvalue weighted by Crippen LogP contribution is 2.25. The zero-order valence-corrected chi connectivity index (χ0v) is 7.86. The number of likely N-dealkylation sites (N-methyl/N-ethyl adjacent to an activating group) is 1. The molecular weight excluding hydrogens is 156 g/mol. The third kappa shape index (κ3) is 2.10. The standard InChI is InChI=1S/C8H16N2S/c1-10(8-2-3-8)4-7-5-11-6-9-7/h7-9H,2-6H2,1H3. The van der Waals surface area contributed by atoms with E-state index in [0.29, 0.717) is 0 Å². The molecule has 1 heterocycles. The monoisotopic (exact) mass is 172 g/mol. The van der Waals surface area contributed by atoms with Crippen LogP contribution in [0.15, 0.2) is 0 Å². The number of nitrogens with one attached hydrogen (secondary N) is 1. The minimum absolute atomic E-state index is 0.755. The Bertz CT molecular complexity index is 130. The van der Waals surface area contributed by atoms with E-state index in [4.69, 9.17) is 0 Å². The van der Waals surface area contributed by atoms with E-state index >= 15 is 0 Å². The van der Waals surface area contributed by atoms with Crippen LogP contribution in [0.2, 0.25) is 0 Å². The molecule has 1 saturated heterocycles. The Morgan fingerprint density at radius 3 is 2.91 bits per heavy atom. The van der Waals surface area contributed by atoms with Crippen molar-refractivity contribution in [3.05, 3.63) is 0 Å². The number of rotatable bonds is 3. The van der Waals surface area contributed by atoms with E-state index in [1.54, 1.807) is 0 Å². The number of hydrogen-bond acceptors (Lipinski definition) is 3. The third-order valence-corrected chi connectivity index (χ3v) is 3.48. The molecular formula is C8H16N2S. The van der Waals surface area contributed by atoms with Crippen LogP contribution in [0.5, 0.6) is 0 Å². The molecule has 1 unspecified atom stereocenters. The summed E-state index contributed by atoms with van der Waals surface area (Å²) in [4.78, 5) is 2.50. The van der Waals surface area contributed by atoms with E-state index in [1.807, 2.05) is 11.8 Å². The summed E-state index contributed by atoms with van der Waals surface area (Å²) < 4.78 is 0. The van der Waals surface area contributed by atoms with E-state index in [2.05, 4.69) is 17.3 Å².